The van der Waals surface area contributed by atoms with Gasteiger partial charge < -0.3 is 19.7 Å². The van der Waals surface area contributed by atoms with Crippen LogP contribution in [0.3, 0.4) is 0 Å². The maximum absolute atomic E-state index is 12.5. The molecule has 0 aromatic heterocycles. The molecule has 2 rings (SSSR count). The fraction of sp³-hybridized carbons (Fsp3) is 0.500. The summed E-state index contributed by atoms with van der Waals surface area (Å²) in [6.07, 6.45) is 0. The number of piperazine rings is 1. The molecule has 1 saturated heterocycles. The lowest BCUT2D eigenvalue weighted by Gasteiger charge is -2.34. The number of benzene rings is 1. The molecule has 1 unspecified atom stereocenters. The fourth-order valence-corrected chi connectivity index (χ4v) is 2.31. The Kier molecular flexibility index (Phi) is 6.83. The normalized spacial score (nSPS) is 17.9. The zero-order valence-corrected chi connectivity index (χ0v) is 13.2. The first-order chi connectivity index (χ1) is 10.0. The monoisotopic (exact) mass is 336 g/mol. The van der Waals surface area contributed by atoms with Crippen LogP contribution in [0.15, 0.2) is 18.2 Å². The van der Waals surface area contributed by atoms with Gasteiger partial charge in [0.1, 0.15) is 0 Å². The van der Waals surface area contributed by atoms with E-state index in [0.29, 0.717) is 25.2 Å². The number of rotatable bonds is 4. The number of nitrogens with one attached hydrogen (secondary N) is 1. The fourth-order valence-electron chi connectivity index (χ4n) is 2.31. The first kappa shape index (κ1) is 18.4. The molecule has 124 valence electrons. The minimum Gasteiger partial charge on any atom is -0.493 e. The molecule has 8 heteroatoms. The maximum atomic E-state index is 12.5. The minimum atomic E-state index is -2.97. The van der Waals surface area contributed by atoms with E-state index in [4.69, 9.17) is 4.74 Å². The maximum Gasteiger partial charge on any atom is 0.387 e. The van der Waals surface area contributed by atoms with Crippen molar-refractivity contribution in [1.29, 1.82) is 0 Å². The third-order valence-electron chi connectivity index (χ3n) is 3.39. The number of methoxy groups -OCH3 is 1. The highest BCUT2D eigenvalue weighted by atomic mass is 35.5. The Morgan fingerprint density at radius 3 is 2.73 bits per heavy atom. The molecule has 1 aliphatic rings. The molecule has 1 aromatic carbocycles. The second-order valence-corrected chi connectivity index (χ2v) is 4.80. The molecule has 1 atom stereocenters. The van der Waals surface area contributed by atoms with E-state index in [2.05, 4.69) is 10.1 Å². The predicted molar refractivity (Wildman–Crippen MR) is 80.2 cm³/mol. The zero-order chi connectivity index (χ0) is 15.4. The largest absolute Gasteiger partial charge is 0.493 e. The number of alkyl halides is 2. The predicted octanol–water partition coefficient (Wildman–Crippen LogP) is 2.15. The summed E-state index contributed by atoms with van der Waals surface area (Å²) < 4.78 is 34.2. The number of halogens is 3. The van der Waals surface area contributed by atoms with Gasteiger partial charge in [-0.3, -0.25) is 4.79 Å². The first-order valence-electron chi connectivity index (χ1n) is 6.67. The van der Waals surface area contributed by atoms with Gasteiger partial charge in [-0.25, -0.2) is 0 Å². The van der Waals surface area contributed by atoms with E-state index >= 15 is 0 Å². The molecule has 5 nitrogen and oxygen atoms in total. The van der Waals surface area contributed by atoms with Crippen molar-refractivity contribution in [2.75, 3.05) is 26.7 Å². The van der Waals surface area contributed by atoms with Crippen molar-refractivity contribution >= 4 is 18.3 Å². The van der Waals surface area contributed by atoms with Crippen LogP contribution in [0, 0.1) is 0 Å². The quantitative estimate of drug-likeness (QED) is 0.915. The van der Waals surface area contributed by atoms with E-state index < -0.39 is 6.61 Å². The van der Waals surface area contributed by atoms with Gasteiger partial charge >= 0.3 is 6.61 Å². The van der Waals surface area contributed by atoms with Crippen LogP contribution in [-0.4, -0.2) is 50.2 Å². The molecule has 0 bridgehead atoms. The third-order valence-corrected chi connectivity index (χ3v) is 3.39. The van der Waals surface area contributed by atoms with Crippen LogP contribution in [0.25, 0.3) is 0 Å². The van der Waals surface area contributed by atoms with Crippen LogP contribution < -0.4 is 14.8 Å². The van der Waals surface area contributed by atoms with Crippen molar-refractivity contribution in [3.63, 3.8) is 0 Å². The Hall–Kier alpha value is -1.60. The Morgan fingerprint density at radius 2 is 2.14 bits per heavy atom. The third kappa shape index (κ3) is 4.20. The summed E-state index contributed by atoms with van der Waals surface area (Å²) in [5.41, 5.74) is 0.306. The second-order valence-electron chi connectivity index (χ2n) is 4.80. The highest BCUT2D eigenvalue weighted by Crippen LogP contribution is 2.30. The topological polar surface area (TPSA) is 50.8 Å². The van der Waals surface area contributed by atoms with Gasteiger partial charge in [-0.05, 0) is 25.1 Å². The van der Waals surface area contributed by atoms with Crippen molar-refractivity contribution in [2.24, 2.45) is 0 Å². The smallest absolute Gasteiger partial charge is 0.387 e. The van der Waals surface area contributed by atoms with Crippen LogP contribution in [0.1, 0.15) is 17.3 Å². The van der Waals surface area contributed by atoms with Crippen LogP contribution in [0.2, 0.25) is 0 Å². The standard InChI is InChI=1S/C14H18F2N2O3.ClH/c1-9-8-17-5-6-18(9)13(19)10-3-4-11(20-2)12(7-10)21-14(15)16;/h3-4,7,9,14,17H,5-6,8H2,1-2H3;1H. The summed E-state index contributed by atoms with van der Waals surface area (Å²) in [5, 5.41) is 3.19. The van der Waals surface area contributed by atoms with Gasteiger partial charge in [0.2, 0.25) is 0 Å². The number of carbonyl (C=O) groups excluding carboxylic acids is 1. The summed E-state index contributed by atoms with van der Waals surface area (Å²) in [6.45, 7) is 0.971. The molecule has 1 fully saturated rings. The average molecular weight is 337 g/mol. The van der Waals surface area contributed by atoms with Gasteiger partial charge in [-0.1, -0.05) is 0 Å². The summed E-state index contributed by atoms with van der Waals surface area (Å²) in [6, 6.07) is 4.35. The number of amides is 1. The van der Waals surface area contributed by atoms with Gasteiger partial charge in [0.15, 0.2) is 11.5 Å². The SMILES string of the molecule is COc1ccc(C(=O)N2CCNCC2C)cc1OC(F)F.Cl. The van der Waals surface area contributed by atoms with Gasteiger partial charge in [0, 0.05) is 31.2 Å². The Balaban J connectivity index is 0.00000242. The lowest BCUT2D eigenvalue weighted by Crippen LogP contribution is -2.52. The summed E-state index contributed by atoms with van der Waals surface area (Å²) >= 11 is 0. The lowest BCUT2D eigenvalue weighted by molar-refractivity contribution is -0.0512. The molecule has 0 radical (unpaired) electrons. The Bertz CT molecular complexity index is 517. The number of carbonyl (C=O) groups is 1. The van der Waals surface area contributed by atoms with E-state index in [0.717, 1.165) is 0 Å². The molecule has 1 aromatic rings. The number of nitrogens with zero attached hydrogens (tertiary/aromatic N) is 1. The Morgan fingerprint density at radius 1 is 1.41 bits per heavy atom. The molecular formula is C14H19ClF2N2O3. The zero-order valence-electron chi connectivity index (χ0n) is 12.3. The molecular weight excluding hydrogens is 318 g/mol. The first-order valence-corrected chi connectivity index (χ1v) is 6.67. The molecule has 1 N–H and O–H groups in total. The van der Waals surface area contributed by atoms with Crippen LogP contribution in [0.5, 0.6) is 11.5 Å². The van der Waals surface area contributed by atoms with E-state index in [-0.39, 0.29) is 35.9 Å². The van der Waals surface area contributed by atoms with E-state index in [1.54, 1.807) is 11.0 Å². The van der Waals surface area contributed by atoms with Crippen molar-refractivity contribution in [3.8, 4) is 11.5 Å². The molecule has 1 heterocycles. The summed E-state index contributed by atoms with van der Waals surface area (Å²) in [4.78, 5) is 14.2. The van der Waals surface area contributed by atoms with Crippen LogP contribution >= 0.6 is 12.4 Å². The average Bonchev–Trinajstić information content (AvgIpc) is 2.46. The van der Waals surface area contributed by atoms with Crippen molar-refractivity contribution in [1.82, 2.24) is 10.2 Å². The number of ether oxygens (including phenoxy) is 2. The minimum absolute atomic E-state index is 0. The van der Waals surface area contributed by atoms with Gasteiger partial charge in [0.05, 0.1) is 7.11 Å². The molecule has 22 heavy (non-hydrogen) atoms. The number of hydrogen-bond donors (Lipinski definition) is 1. The van der Waals surface area contributed by atoms with Crippen LogP contribution in [0.4, 0.5) is 8.78 Å². The second kappa shape index (κ2) is 8.14. The lowest BCUT2D eigenvalue weighted by atomic mass is 10.1. The molecule has 1 amide bonds. The van der Waals surface area contributed by atoms with Gasteiger partial charge in [-0.15, -0.1) is 12.4 Å². The highest BCUT2D eigenvalue weighted by molar-refractivity contribution is 5.95. The molecule has 0 aliphatic carbocycles. The van der Waals surface area contributed by atoms with Crippen molar-refractivity contribution < 1.29 is 23.0 Å². The van der Waals surface area contributed by atoms with Crippen LogP contribution in [-0.2, 0) is 0 Å². The molecule has 0 saturated carbocycles. The molecule has 0 spiro atoms. The highest BCUT2D eigenvalue weighted by Gasteiger charge is 2.25. The van der Waals surface area contributed by atoms with Crippen molar-refractivity contribution in [2.45, 2.75) is 19.6 Å². The number of hydrogen-bond acceptors (Lipinski definition) is 4. The van der Waals surface area contributed by atoms with E-state index in [1.807, 2.05) is 6.92 Å². The van der Waals surface area contributed by atoms with Gasteiger partial charge in [-0.2, -0.15) is 8.78 Å². The van der Waals surface area contributed by atoms with E-state index in [1.165, 1.54) is 19.2 Å². The molecule has 1 aliphatic heterocycles. The summed E-state index contributed by atoms with van der Waals surface area (Å²) in [7, 11) is 1.35. The van der Waals surface area contributed by atoms with Gasteiger partial charge in [0.25, 0.3) is 5.91 Å². The Labute approximate surface area is 134 Å². The summed E-state index contributed by atoms with van der Waals surface area (Å²) in [5.74, 6) is -0.174. The van der Waals surface area contributed by atoms with E-state index in [9.17, 15) is 13.6 Å². The van der Waals surface area contributed by atoms with Crippen molar-refractivity contribution in [3.05, 3.63) is 23.8 Å².